The van der Waals surface area contributed by atoms with Crippen molar-refractivity contribution in [1.82, 2.24) is 0 Å². The zero-order chi connectivity index (χ0) is 14.1. The van der Waals surface area contributed by atoms with E-state index >= 15 is 0 Å². The van der Waals surface area contributed by atoms with E-state index < -0.39 is 0 Å². The van der Waals surface area contributed by atoms with Gasteiger partial charge in [0.2, 0.25) is 0 Å². The summed E-state index contributed by atoms with van der Waals surface area (Å²) < 4.78 is 10.2. The molecule has 19 heavy (non-hydrogen) atoms. The van der Waals surface area contributed by atoms with Crippen LogP contribution in [0.25, 0.3) is 0 Å². The molecule has 4 nitrogen and oxygen atoms in total. The summed E-state index contributed by atoms with van der Waals surface area (Å²) in [5.74, 6) is 0. The largest absolute Gasteiger partial charge is 0.385 e. The summed E-state index contributed by atoms with van der Waals surface area (Å²) in [6, 6.07) is 5.96. The van der Waals surface area contributed by atoms with E-state index in [1.54, 1.807) is 14.2 Å². The van der Waals surface area contributed by atoms with Crippen molar-refractivity contribution in [2.75, 3.05) is 45.4 Å². The third-order valence-corrected chi connectivity index (χ3v) is 3.23. The number of hydrogen-bond donors (Lipinski definition) is 1. The number of nitrogens with zero attached hydrogens (tertiary/aromatic N) is 1. The lowest BCUT2D eigenvalue weighted by atomic mass is 10.2. The minimum absolute atomic E-state index is 0.502. The van der Waals surface area contributed by atoms with Crippen LogP contribution >= 0.6 is 11.6 Å². The van der Waals surface area contributed by atoms with Crippen LogP contribution in [0.15, 0.2) is 18.2 Å². The van der Waals surface area contributed by atoms with Crippen molar-refractivity contribution in [3.05, 3.63) is 28.8 Å². The molecular formula is C14H23ClN2O2. The molecule has 0 aromatic heterocycles. The molecule has 2 N–H and O–H groups in total. The van der Waals surface area contributed by atoms with Crippen molar-refractivity contribution in [3.8, 4) is 0 Å². The van der Waals surface area contributed by atoms with Crippen LogP contribution in [0.4, 0.5) is 5.69 Å². The molecule has 0 saturated heterocycles. The van der Waals surface area contributed by atoms with Gasteiger partial charge in [-0.25, -0.2) is 0 Å². The van der Waals surface area contributed by atoms with Gasteiger partial charge < -0.3 is 20.1 Å². The molecule has 0 saturated carbocycles. The Kier molecular flexibility index (Phi) is 7.82. The molecule has 0 atom stereocenters. The molecule has 1 rings (SSSR count). The fourth-order valence-electron chi connectivity index (χ4n) is 1.89. The first-order valence-electron chi connectivity index (χ1n) is 6.44. The second kappa shape index (κ2) is 9.15. The second-order valence-electron chi connectivity index (χ2n) is 4.32. The molecule has 1 aromatic carbocycles. The number of methoxy groups -OCH3 is 2. The average Bonchev–Trinajstić information content (AvgIpc) is 2.43. The summed E-state index contributed by atoms with van der Waals surface area (Å²) in [5.41, 5.74) is 7.67. The van der Waals surface area contributed by atoms with Gasteiger partial charge in [0.05, 0.1) is 17.3 Å². The Labute approximate surface area is 120 Å². The first-order chi connectivity index (χ1) is 9.22. The second-order valence-corrected chi connectivity index (χ2v) is 4.72. The summed E-state index contributed by atoms with van der Waals surface area (Å²) in [7, 11) is 3.41. The quantitative estimate of drug-likeness (QED) is 0.708. The number of anilines is 1. The van der Waals surface area contributed by atoms with Crippen molar-refractivity contribution in [1.29, 1.82) is 0 Å². The number of hydrogen-bond acceptors (Lipinski definition) is 4. The van der Waals surface area contributed by atoms with Gasteiger partial charge in [-0.05, 0) is 24.1 Å². The molecule has 0 bridgehead atoms. The Bertz CT molecular complexity index is 374. The van der Waals surface area contributed by atoms with Crippen molar-refractivity contribution in [3.63, 3.8) is 0 Å². The number of ether oxygens (including phenoxy) is 2. The highest BCUT2D eigenvalue weighted by Crippen LogP contribution is 2.27. The van der Waals surface area contributed by atoms with Crippen LogP contribution in [0.1, 0.15) is 12.0 Å². The Balaban J connectivity index is 2.77. The lowest BCUT2D eigenvalue weighted by molar-refractivity contribution is 0.191. The van der Waals surface area contributed by atoms with Gasteiger partial charge in [0, 0.05) is 40.5 Å². The number of rotatable bonds is 9. The Morgan fingerprint density at radius 3 is 2.47 bits per heavy atom. The first kappa shape index (κ1) is 16.2. The van der Waals surface area contributed by atoms with Gasteiger partial charge in [0.1, 0.15) is 0 Å². The molecule has 0 spiro atoms. The molecule has 108 valence electrons. The Hall–Kier alpha value is -0.810. The first-order valence-corrected chi connectivity index (χ1v) is 6.82. The van der Waals surface area contributed by atoms with Crippen molar-refractivity contribution < 1.29 is 9.47 Å². The maximum atomic E-state index is 6.33. The summed E-state index contributed by atoms with van der Waals surface area (Å²) >= 11 is 6.33. The lowest BCUT2D eigenvalue weighted by Crippen LogP contribution is -2.29. The monoisotopic (exact) mass is 286 g/mol. The smallest absolute Gasteiger partial charge is 0.0642 e. The van der Waals surface area contributed by atoms with Gasteiger partial charge in [-0.1, -0.05) is 17.7 Å². The van der Waals surface area contributed by atoms with E-state index in [1.165, 1.54) is 0 Å². The average molecular weight is 287 g/mol. The van der Waals surface area contributed by atoms with Crippen LogP contribution in [0.2, 0.25) is 5.02 Å². The molecule has 0 aliphatic heterocycles. The van der Waals surface area contributed by atoms with E-state index in [4.69, 9.17) is 26.8 Å². The topological polar surface area (TPSA) is 47.7 Å². The highest BCUT2D eigenvalue weighted by molar-refractivity contribution is 6.33. The van der Waals surface area contributed by atoms with Gasteiger partial charge in [0.15, 0.2) is 0 Å². The van der Waals surface area contributed by atoms with E-state index in [-0.39, 0.29) is 0 Å². The summed E-state index contributed by atoms with van der Waals surface area (Å²) in [6.07, 6.45) is 0.954. The van der Waals surface area contributed by atoms with Gasteiger partial charge in [-0.2, -0.15) is 0 Å². The summed E-state index contributed by atoms with van der Waals surface area (Å²) in [4.78, 5) is 2.21. The highest BCUT2D eigenvalue weighted by atomic mass is 35.5. The molecule has 0 unspecified atom stereocenters. The zero-order valence-electron chi connectivity index (χ0n) is 11.7. The van der Waals surface area contributed by atoms with E-state index in [9.17, 15) is 0 Å². The molecule has 1 aromatic rings. The maximum absolute atomic E-state index is 6.33. The summed E-state index contributed by atoms with van der Waals surface area (Å²) in [5, 5.41) is 0.733. The van der Waals surface area contributed by atoms with Crippen LogP contribution in [-0.2, 0) is 16.0 Å². The molecule has 0 heterocycles. The van der Waals surface area contributed by atoms with Crippen LogP contribution < -0.4 is 10.6 Å². The van der Waals surface area contributed by atoms with Crippen LogP contribution in [0, 0.1) is 0 Å². The summed E-state index contributed by atoms with van der Waals surface area (Å²) in [6.45, 7) is 3.60. The van der Waals surface area contributed by atoms with Gasteiger partial charge in [0.25, 0.3) is 0 Å². The third kappa shape index (κ3) is 5.37. The van der Waals surface area contributed by atoms with E-state index in [0.717, 1.165) is 42.4 Å². The van der Waals surface area contributed by atoms with Crippen molar-refractivity contribution in [2.24, 2.45) is 5.73 Å². The highest BCUT2D eigenvalue weighted by Gasteiger charge is 2.10. The minimum Gasteiger partial charge on any atom is -0.385 e. The molecule has 0 radical (unpaired) electrons. The van der Waals surface area contributed by atoms with Crippen molar-refractivity contribution >= 4 is 17.3 Å². The molecule has 5 heteroatoms. The Morgan fingerprint density at radius 2 is 1.89 bits per heavy atom. The van der Waals surface area contributed by atoms with E-state index in [0.29, 0.717) is 13.2 Å². The standard InChI is InChI=1S/C14H23ClN2O2/c1-18-8-3-6-17(7-9-19-2)14-5-4-12(11-16)10-13(14)15/h4-5,10H,3,6-9,11,16H2,1-2H3. The predicted molar refractivity (Wildman–Crippen MR) is 79.9 cm³/mol. The number of nitrogens with two attached hydrogens (primary N) is 1. The SMILES string of the molecule is COCCCN(CCOC)c1ccc(CN)cc1Cl. The van der Waals surface area contributed by atoms with Crippen LogP contribution in [0.5, 0.6) is 0 Å². The fraction of sp³-hybridized carbons (Fsp3) is 0.571. The van der Waals surface area contributed by atoms with Crippen LogP contribution in [-0.4, -0.2) is 40.5 Å². The third-order valence-electron chi connectivity index (χ3n) is 2.93. The molecule has 0 amide bonds. The lowest BCUT2D eigenvalue weighted by Gasteiger charge is -2.25. The Morgan fingerprint density at radius 1 is 1.16 bits per heavy atom. The molecule has 0 fully saturated rings. The predicted octanol–water partition coefficient (Wildman–Crippen LogP) is 2.29. The number of halogens is 1. The molecular weight excluding hydrogens is 264 g/mol. The van der Waals surface area contributed by atoms with E-state index in [2.05, 4.69) is 4.90 Å². The fourth-order valence-corrected chi connectivity index (χ4v) is 2.21. The number of benzene rings is 1. The van der Waals surface area contributed by atoms with Gasteiger partial charge >= 0.3 is 0 Å². The van der Waals surface area contributed by atoms with Crippen LogP contribution in [0.3, 0.4) is 0 Å². The van der Waals surface area contributed by atoms with Gasteiger partial charge in [-0.15, -0.1) is 0 Å². The minimum atomic E-state index is 0.502. The zero-order valence-corrected chi connectivity index (χ0v) is 12.4. The van der Waals surface area contributed by atoms with Crippen molar-refractivity contribution in [2.45, 2.75) is 13.0 Å². The molecule has 0 aliphatic rings. The van der Waals surface area contributed by atoms with Gasteiger partial charge in [-0.3, -0.25) is 0 Å². The van der Waals surface area contributed by atoms with E-state index in [1.807, 2.05) is 18.2 Å². The normalized spacial score (nSPS) is 10.7. The maximum Gasteiger partial charge on any atom is 0.0642 e. The molecule has 0 aliphatic carbocycles.